The Morgan fingerprint density at radius 3 is 2.36 bits per heavy atom. The monoisotopic (exact) mass is 638 g/mol. The maximum atomic E-state index is 13.6. The summed E-state index contributed by atoms with van der Waals surface area (Å²) in [5, 5.41) is 19.7. The van der Waals surface area contributed by atoms with E-state index in [0.717, 1.165) is 19.1 Å². The number of esters is 1. The third kappa shape index (κ3) is 9.79. The Kier molecular flexibility index (Phi) is 12.2. The Balaban J connectivity index is 1.97. The maximum Gasteiger partial charge on any atom is 0.397 e. The zero-order chi connectivity index (χ0) is 33.4. The van der Waals surface area contributed by atoms with Crippen LogP contribution >= 0.6 is 0 Å². The fourth-order valence-electron chi connectivity index (χ4n) is 4.73. The number of aromatic carboxylic acids is 1. The number of carboxylic acid groups (broad SMARTS) is 1. The van der Waals surface area contributed by atoms with E-state index >= 15 is 0 Å². The van der Waals surface area contributed by atoms with Crippen molar-refractivity contribution in [3.05, 3.63) is 77.4 Å². The van der Waals surface area contributed by atoms with Crippen LogP contribution in [-0.4, -0.2) is 79.5 Å². The van der Waals surface area contributed by atoms with Crippen LogP contribution in [0, 0.1) is 5.92 Å². The van der Waals surface area contributed by atoms with Crippen molar-refractivity contribution < 1.29 is 61.4 Å². The highest BCUT2D eigenvalue weighted by Crippen LogP contribution is 2.36. The minimum Gasteiger partial charge on any atom is -0.497 e. The summed E-state index contributed by atoms with van der Waals surface area (Å²) in [5.74, 6) is -5.19. The molecular formula is C32H37F3O10. The summed E-state index contributed by atoms with van der Waals surface area (Å²) in [5.41, 5.74) is 0.247. The highest BCUT2D eigenvalue weighted by molar-refractivity contribution is 5.95. The molecule has 0 radical (unpaired) electrons. The molecule has 0 bridgehead atoms. The summed E-state index contributed by atoms with van der Waals surface area (Å²) >= 11 is 0. The number of halogens is 3. The summed E-state index contributed by atoms with van der Waals surface area (Å²) < 4.78 is 74.3. The quantitative estimate of drug-likeness (QED) is 0.152. The van der Waals surface area contributed by atoms with Crippen molar-refractivity contribution in [2.24, 2.45) is 5.92 Å². The lowest BCUT2D eigenvalue weighted by Gasteiger charge is -2.25. The van der Waals surface area contributed by atoms with Crippen LogP contribution in [0.1, 0.15) is 53.5 Å². The van der Waals surface area contributed by atoms with E-state index in [-0.39, 0.29) is 35.7 Å². The van der Waals surface area contributed by atoms with Crippen LogP contribution in [-0.2, 0) is 18.9 Å². The lowest BCUT2D eigenvalue weighted by Crippen LogP contribution is -2.38. The molecule has 45 heavy (non-hydrogen) atoms. The van der Waals surface area contributed by atoms with E-state index in [0.29, 0.717) is 5.75 Å². The number of carboxylic acids is 1. The van der Waals surface area contributed by atoms with Gasteiger partial charge in [0.1, 0.15) is 29.3 Å². The summed E-state index contributed by atoms with van der Waals surface area (Å²) in [6.07, 6.45) is -4.87. The predicted molar refractivity (Wildman–Crippen MR) is 156 cm³/mol. The summed E-state index contributed by atoms with van der Waals surface area (Å²) in [4.78, 5) is 25.1. The first-order chi connectivity index (χ1) is 21.2. The minimum absolute atomic E-state index is 0.0122. The first-order valence-corrected chi connectivity index (χ1v) is 13.9. The lowest BCUT2D eigenvalue weighted by atomic mass is 9.98. The van der Waals surface area contributed by atoms with E-state index in [4.69, 9.17) is 28.4 Å². The van der Waals surface area contributed by atoms with Gasteiger partial charge in [0.05, 0.1) is 30.8 Å². The Labute approximate surface area is 258 Å². The molecule has 2 aromatic rings. The zero-order valence-corrected chi connectivity index (χ0v) is 25.4. The molecule has 2 aromatic carbocycles. The van der Waals surface area contributed by atoms with Crippen molar-refractivity contribution >= 4 is 18.0 Å². The second-order valence-electron chi connectivity index (χ2n) is 10.7. The summed E-state index contributed by atoms with van der Waals surface area (Å²) in [7, 11) is 2.79. The van der Waals surface area contributed by atoms with Gasteiger partial charge in [-0.25, -0.2) is 9.59 Å². The Morgan fingerprint density at radius 2 is 1.78 bits per heavy atom. The number of methoxy groups -OCH3 is 2. The molecule has 0 aliphatic carbocycles. The first-order valence-electron chi connectivity index (χ1n) is 13.9. The molecule has 1 heterocycles. The largest absolute Gasteiger partial charge is 0.497 e. The zero-order valence-electron chi connectivity index (χ0n) is 25.4. The van der Waals surface area contributed by atoms with E-state index in [2.05, 4.69) is 0 Å². The van der Waals surface area contributed by atoms with Crippen molar-refractivity contribution in [2.45, 2.75) is 63.6 Å². The fourth-order valence-corrected chi connectivity index (χ4v) is 4.73. The molecule has 0 aromatic heterocycles. The predicted octanol–water partition coefficient (Wildman–Crippen LogP) is 5.64. The number of aliphatic hydroxyl groups excluding tert-OH is 1. The van der Waals surface area contributed by atoms with Gasteiger partial charge in [0, 0.05) is 13.2 Å². The Hall–Kier alpha value is -3.91. The third-order valence-electron chi connectivity index (χ3n) is 6.76. The molecule has 2 N–H and O–H groups in total. The minimum atomic E-state index is -4.77. The van der Waals surface area contributed by atoms with Gasteiger partial charge < -0.3 is 38.6 Å². The molecule has 1 fully saturated rings. The first kappa shape index (κ1) is 35.6. The van der Waals surface area contributed by atoms with Gasteiger partial charge in [-0.2, -0.15) is 13.2 Å². The van der Waals surface area contributed by atoms with Crippen molar-refractivity contribution in [3.63, 3.8) is 0 Å². The average Bonchev–Trinajstić information content (AvgIpc) is 3.28. The van der Waals surface area contributed by atoms with Gasteiger partial charge in [0.15, 0.2) is 12.6 Å². The van der Waals surface area contributed by atoms with Gasteiger partial charge >= 0.3 is 18.1 Å². The van der Waals surface area contributed by atoms with Gasteiger partial charge in [-0.1, -0.05) is 36.4 Å². The van der Waals surface area contributed by atoms with Crippen LogP contribution in [0.15, 0.2) is 60.7 Å². The van der Waals surface area contributed by atoms with Crippen LogP contribution in [0.2, 0.25) is 0 Å². The van der Waals surface area contributed by atoms with Crippen LogP contribution in [0.25, 0.3) is 6.08 Å². The molecule has 3 unspecified atom stereocenters. The second-order valence-corrected chi connectivity index (χ2v) is 10.7. The molecule has 13 heteroatoms. The molecule has 246 valence electrons. The average molecular weight is 639 g/mol. The Bertz CT molecular complexity index is 1350. The van der Waals surface area contributed by atoms with Gasteiger partial charge in [-0.05, 0) is 57.0 Å². The van der Waals surface area contributed by atoms with E-state index in [9.17, 15) is 33.0 Å². The van der Waals surface area contributed by atoms with Crippen LogP contribution in [0.3, 0.4) is 0 Å². The number of aliphatic hydroxyl groups is 1. The Morgan fingerprint density at radius 1 is 1.09 bits per heavy atom. The second kappa shape index (κ2) is 15.4. The van der Waals surface area contributed by atoms with Crippen molar-refractivity contribution in [1.82, 2.24) is 0 Å². The number of carbonyl (C=O) groups excluding carboxylic acids is 1. The highest BCUT2D eigenvalue weighted by atomic mass is 19.4. The number of ether oxygens (including phenoxy) is 6. The molecule has 1 saturated heterocycles. The van der Waals surface area contributed by atoms with Gasteiger partial charge in [0.25, 0.3) is 0 Å². The molecule has 3 rings (SSSR count). The van der Waals surface area contributed by atoms with Crippen molar-refractivity contribution in [3.8, 4) is 11.5 Å². The number of benzene rings is 2. The van der Waals surface area contributed by atoms with Crippen LogP contribution in [0.5, 0.6) is 11.5 Å². The molecule has 10 nitrogen and oxygen atoms in total. The number of alkyl halides is 3. The molecule has 5 atom stereocenters. The van der Waals surface area contributed by atoms with Gasteiger partial charge in [0.2, 0.25) is 0 Å². The normalized spacial score (nSPS) is 20.2. The van der Waals surface area contributed by atoms with E-state index in [1.807, 2.05) is 0 Å². The van der Waals surface area contributed by atoms with E-state index in [1.54, 1.807) is 38.1 Å². The molecule has 0 amide bonds. The number of hydrogen-bond acceptors (Lipinski definition) is 9. The van der Waals surface area contributed by atoms with Crippen LogP contribution in [0.4, 0.5) is 13.2 Å². The van der Waals surface area contributed by atoms with Gasteiger partial charge in [-0.15, -0.1) is 0 Å². The number of rotatable bonds is 14. The standard InChI is InChI=1S/C32H37F3O10/c1-19(36)23(32(33,34)35)14-15-24(43-30(39)20-10-7-6-8-11-20)28-25(44-31(2,3)45-28)13-9-12-21-16-22(41-5)17-26(42-18-40-4)27(21)29(37)38/h6-12,14-17,19,23-25,28,36H,13,18H2,1-5H3,(H,37,38)/b12-9+,15-14-/t19?,23?,24?,25-,28+/m0/s1. The number of carbonyl (C=O) groups is 2. The molecule has 1 aliphatic heterocycles. The molecule has 1 aliphatic rings. The van der Waals surface area contributed by atoms with E-state index in [1.165, 1.54) is 44.6 Å². The van der Waals surface area contributed by atoms with Crippen molar-refractivity contribution in [2.75, 3.05) is 21.0 Å². The summed E-state index contributed by atoms with van der Waals surface area (Å²) in [6.45, 7) is 4.00. The van der Waals surface area contributed by atoms with Crippen molar-refractivity contribution in [1.29, 1.82) is 0 Å². The topological polar surface area (TPSA) is 130 Å². The lowest BCUT2D eigenvalue weighted by molar-refractivity contribution is -0.182. The molecule has 0 saturated carbocycles. The third-order valence-corrected chi connectivity index (χ3v) is 6.76. The summed E-state index contributed by atoms with van der Waals surface area (Å²) in [6, 6.07) is 10.8. The maximum absolute atomic E-state index is 13.6. The smallest absolute Gasteiger partial charge is 0.397 e. The van der Waals surface area contributed by atoms with Gasteiger partial charge in [-0.3, -0.25) is 0 Å². The number of hydrogen-bond donors (Lipinski definition) is 2. The molecular weight excluding hydrogens is 601 g/mol. The fraction of sp³-hybridized carbons (Fsp3) is 0.438. The molecule has 0 spiro atoms. The van der Waals surface area contributed by atoms with E-state index < -0.39 is 54.2 Å². The SMILES string of the molecule is COCOc1cc(OC)cc(/C=C/C[C@@H]2OC(C)(C)O[C@@H]2C(/C=C\C(C(C)O)C(F)(F)F)OC(=O)c2ccccc2)c1C(=O)O. The highest BCUT2D eigenvalue weighted by Gasteiger charge is 2.46. The van der Waals surface area contributed by atoms with Crippen LogP contribution < -0.4 is 9.47 Å².